The molecule has 0 aliphatic carbocycles. The van der Waals surface area contributed by atoms with Crippen molar-refractivity contribution in [2.45, 2.75) is 40.2 Å². The fourth-order valence-corrected chi connectivity index (χ4v) is 1.97. The molecule has 1 aromatic rings. The number of esters is 1. The summed E-state index contributed by atoms with van der Waals surface area (Å²) >= 11 is 0. The zero-order valence-electron chi connectivity index (χ0n) is 12.5. The van der Waals surface area contributed by atoms with E-state index in [1.807, 2.05) is 14.0 Å². The third-order valence-electron chi connectivity index (χ3n) is 3.21. The second kappa shape index (κ2) is 7.94. The van der Waals surface area contributed by atoms with E-state index in [1.165, 1.54) is 12.8 Å². The van der Waals surface area contributed by atoms with Crippen LogP contribution in [0.4, 0.5) is 0 Å². The van der Waals surface area contributed by atoms with Crippen molar-refractivity contribution in [2.24, 2.45) is 7.05 Å². The van der Waals surface area contributed by atoms with Gasteiger partial charge in [-0.15, -0.1) is 0 Å². The van der Waals surface area contributed by atoms with Gasteiger partial charge in [0.2, 0.25) is 0 Å². The monoisotopic (exact) mass is 267 g/mol. The Kier molecular flexibility index (Phi) is 6.56. The summed E-state index contributed by atoms with van der Waals surface area (Å²) in [5.74, 6) is -0.280. The van der Waals surface area contributed by atoms with E-state index in [9.17, 15) is 4.79 Å². The maximum Gasteiger partial charge on any atom is 0.341 e. The van der Waals surface area contributed by atoms with Crippen LogP contribution in [0.15, 0.2) is 6.20 Å². The first kappa shape index (κ1) is 15.7. The predicted molar refractivity (Wildman–Crippen MR) is 75.0 cm³/mol. The molecule has 0 aliphatic rings. The van der Waals surface area contributed by atoms with Crippen LogP contribution in [-0.4, -0.2) is 40.3 Å². The van der Waals surface area contributed by atoms with E-state index in [1.54, 1.807) is 10.9 Å². The first-order chi connectivity index (χ1) is 9.13. The van der Waals surface area contributed by atoms with Gasteiger partial charge in [-0.05, 0) is 26.4 Å². The fourth-order valence-electron chi connectivity index (χ4n) is 1.97. The molecule has 0 saturated heterocycles. The summed E-state index contributed by atoms with van der Waals surface area (Å²) in [4.78, 5) is 14.2. The van der Waals surface area contributed by atoms with Crippen LogP contribution in [0.5, 0.6) is 0 Å². The molecule has 0 unspecified atom stereocenters. The Hall–Kier alpha value is -1.36. The lowest BCUT2D eigenvalue weighted by molar-refractivity contribution is 0.0523. The first-order valence-electron chi connectivity index (χ1n) is 7.04. The molecule has 1 aromatic heterocycles. The highest BCUT2D eigenvalue weighted by Crippen LogP contribution is 2.13. The van der Waals surface area contributed by atoms with Crippen LogP contribution in [0.25, 0.3) is 0 Å². The number of ether oxygens (including phenoxy) is 1. The van der Waals surface area contributed by atoms with Gasteiger partial charge in [0.25, 0.3) is 0 Å². The molecule has 0 aliphatic heterocycles. The number of carbonyl (C=O) groups excluding carboxylic acids is 1. The van der Waals surface area contributed by atoms with E-state index in [2.05, 4.69) is 23.8 Å². The van der Waals surface area contributed by atoms with Crippen molar-refractivity contribution in [3.63, 3.8) is 0 Å². The molecule has 1 rings (SSSR count). The molecule has 19 heavy (non-hydrogen) atoms. The molecule has 0 N–H and O–H groups in total. The molecule has 0 radical (unpaired) electrons. The van der Waals surface area contributed by atoms with Crippen molar-refractivity contribution in [2.75, 3.05) is 19.7 Å². The lowest BCUT2D eigenvalue weighted by Gasteiger charge is -2.20. The average Bonchev–Trinajstić information content (AvgIpc) is 2.76. The number of unbranched alkanes of at least 4 members (excludes halogenated alkanes) is 1. The summed E-state index contributed by atoms with van der Waals surface area (Å²) in [7, 11) is 1.87. The Morgan fingerprint density at radius 2 is 2.16 bits per heavy atom. The van der Waals surface area contributed by atoms with Gasteiger partial charge in [0.05, 0.1) is 18.5 Å². The van der Waals surface area contributed by atoms with Gasteiger partial charge < -0.3 is 4.74 Å². The SMILES string of the molecule is CCCCN(CC)Cc1c(C(=O)OCC)cnn1C. The number of hydrogen-bond acceptors (Lipinski definition) is 4. The fraction of sp³-hybridized carbons (Fsp3) is 0.714. The second-order valence-electron chi connectivity index (χ2n) is 4.57. The summed E-state index contributed by atoms with van der Waals surface area (Å²) < 4.78 is 6.83. The minimum absolute atomic E-state index is 0.280. The molecule has 0 bridgehead atoms. The van der Waals surface area contributed by atoms with Crippen LogP contribution in [0.2, 0.25) is 0 Å². The molecular formula is C14H25N3O2. The van der Waals surface area contributed by atoms with E-state index in [4.69, 9.17) is 4.74 Å². The zero-order chi connectivity index (χ0) is 14.3. The second-order valence-corrected chi connectivity index (χ2v) is 4.57. The average molecular weight is 267 g/mol. The molecule has 108 valence electrons. The first-order valence-corrected chi connectivity index (χ1v) is 7.04. The third kappa shape index (κ3) is 4.35. The van der Waals surface area contributed by atoms with Gasteiger partial charge in [0.1, 0.15) is 5.56 Å². The lowest BCUT2D eigenvalue weighted by Crippen LogP contribution is -2.26. The molecule has 1 heterocycles. The highest BCUT2D eigenvalue weighted by molar-refractivity contribution is 5.90. The van der Waals surface area contributed by atoms with Crippen molar-refractivity contribution in [1.82, 2.24) is 14.7 Å². The highest BCUT2D eigenvalue weighted by atomic mass is 16.5. The van der Waals surface area contributed by atoms with Gasteiger partial charge in [0.15, 0.2) is 0 Å². The molecule has 0 saturated carbocycles. The maximum absolute atomic E-state index is 11.9. The lowest BCUT2D eigenvalue weighted by atomic mass is 10.2. The van der Waals surface area contributed by atoms with Crippen molar-refractivity contribution in [3.8, 4) is 0 Å². The Morgan fingerprint density at radius 1 is 1.42 bits per heavy atom. The normalized spacial score (nSPS) is 11.0. The van der Waals surface area contributed by atoms with E-state index >= 15 is 0 Å². The maximum atomic E-state index is 11.9. The van der Waals surface area contributed by atoms with Crippen LogP contribution in [0.3, 0.4) is 0 Å². The largest absolute Gasteiger partial charge is 0.462 e. The van der Waals surface area contributed by atoms with Crippen molar-refractivity contribution >= 4 is 5.97 Å². The molecule has 0 aromatic carbocycles. The van der Waals surface area contributed by atoms with Gasteiger partial charge in [-0.25, -0.2) is 4.79 Å². The molecule has 0 amide bonds. The summed E-state index contributed by atoms with van der Waals surface area (Å²) in [5.41, 5.74) is 1.51. The molecule has 5 nitrogen and oxygen atoms in total. The molecule has 0 fully saturated rings. The molecule has 5 heteroatoms. The van der Waals surface area contributed by atoms with E-state index in [0.29, 0.717) is 12.2 Å². The Balaban J connectivity index is 2.80. The van der Waals surface area contributed by atoms with Crippen molar-refractivity contribution in [1.29, 1.82) is 0 Å². The molecular weight excluding hydrogens is 242 g/mol. The van der Waals surface area contributed by atoms with E-state index < -0.39 is 0 Å². The minimum atomic E-state index is -0.280. The highest BCUT2D eigenvalue weighted by Gasteiger charge is 2.18. The standard InChI is InChI=1S/C14H25N3O2/c1-5-8-9-17(6-2)11-13-12(10-15-16(13)4)14(18)19-7-3/h10H,5-9,11H2,1-4H3. The van der Waals surface area contributed by atoms with Crippen LogP contribution in [0, 0.1) is 0 Å². The third-order valence-corrected chi connectivity index (χ3v) is 3.21. The molecule has 0 spiro atoms. The van der Waals surface area contributed by atoms with Crippen LogP contribution in [0.1, 0.15) is 49.7 Å². The van der Waals surface area contributed by atoms with Gasteiger partial charge in [-0.1, -0.05) is 20.3 Å². The zero-order valence-corrected chi connectivity index (χ0v) is 12.5. The predicted octanol–water partition coefficient (Wildman–Crippen LogP) is 2.22. The summed E-state index contributed by atoms with van der Waals surface area (Å²) in [6.45, 7) is 9.26. The summed E-state index contributed by atoms with van der Waals surface area (Å²) in [6.07, 6.45) is 3.94. The number of hydrogen-bond donors (Lipinski definition) is 0. The van der Waals surface area contributed by atoms with Gasteiger partial charge in [0, 0.05) is 13.6 Å². The van der Waals surface area contributed by atoms with Crippen LogP contribution < -0.4 is 0 Å². The Bertz CT molecular complexity index is 401. The number of nitrogens with zero attached hydrogens (tertiary/aromatic N) is 3. The van der Waals surface area contributed by atoms with Crippen molar-refractivity contribution in [3.05, 3.63) is 17.5 Å². The number of carbonyl (C=O) groups is 1. The Morgan fingerprint density at radius 3 is 2.74 bits per heavy atom. The quantitative estimate of drug-likeness (QED) is 0.678. The summed E-state index contributed by atoms with van der Waals surface area (Å²) in [5, 5.41) is 4.18. The smallest absolute Gasteiger partial charge is 0.341 e. The van der Waals surface area contributed by atoms with Crippen LogP contribution >= 0.6 is 0 Å². The molecule has 0 atom stereocenters. The number of aromatic nitrogens is 2. The Labute approximate surface area is 115 Å². The number of aryl methyl sites for hydroxylation is 1. The topological polar surface area (TPSA) is 47.4 Å². The number of rotatable bonds is 8. The minimum Gasteiger partial charge on any atom is -0.462 e. The van der Waals surface area contributed by atoms with E-state index in [-0.39, 0.29) is 5.97 Å². The van der Waals surface area contributed by atoms with E-state index in [0.717, 1.165) is 25.3 Å². The van der Waals surface area contributed by atoms with Crippen molar-refractivity contribution < 1.29 is 9.53 Å². The summed E-state index contributed by atoms with van der Waals surface area (Å²) in [6, 6.07) is 0. The van der Waals surface area contributed by atoms with Gasteiger partial charge in [-0.3, -0.25) is 9.58 Å². The van der Waals surface area contributed by atoms with Gasteiger partial charge >= 0.3 is 5.97 Å². The van der Waals surface area contributed by atoms with Crippen LogP contribution in [-0.2, 0) is 18.3 Å². The van der Waals surface area contributed by atoms with Gasteiger partial charge in [-0.2, -0.15) is 5.10 Å².